The lowest BCUT2D eigenvalue weighted by molar-refractivity contribution is -0.139. The number of alkyl carbamates (subject to hydrolysis) is 1. The number of carbonyl (C=O) groups is 2. The zero-order valence-corrected chi connectivity index (χ0v) is 16.3. The molecule has 0 aliphatic heterocycles. The number of carboxylic acids is 1. The van der Waals surface area contributed by atoms with E-state index in [-0.39, 0.29) is 6.42 Å². The molecule has 2 N–H and O–H groups in total. The standard InChI is InChI=1S/C19H29NO6/c1-12(2)11-25-15-8-7-13(10-16(15)24-6)9-14(17(21)22)20-18(23)26-19(3,4)5/h7-8,10,12,14H,9,11H2,1-6H3,(H,20,23)(H,21,22). The molecule has 0 bridgehead atoms. The molecule has 7 nitrogen and oxygen atoms in total. The number of aliphatic carboxylic acids is 1. The third kappa shape index (κ3) is 7.63. The van der Waals surface area contributed by atoms with Crippen molar-refractivity contribution in [2.45, 2.75) is 52.7 Å². The van der Waals surface area contributed by atoms with Crippen LogP contribution in [0.1, 0.15) is 40.2 Å². The first kappa shape index (κ1) is 21.6. The highest BCUT2D eigenvalue weighted by Gasteiger charge is 2.24. The molecule has 0 radical (unpaired) electrons. The van der Waals surface area contributed by atoms with E-state index in [9.17, 15) is 14.7 Å². The number of carboxylic acid groups (broad SMARTS) is 1. The summed E-state index contributed by atoms with van der Waals surface area (Å²) in [6, 6.07) is 4.09. The number of hydrogen-bond acceptors (Lipinski definition) is 5. The molecule has 146 valence electrons. The average Bonchev–Trinajstić information content (AvgIpc) is 2.50. The highest BCUT2D eigenvalue weighted by Crippen LogP contribution is 2.29. The van der Waals surface area contributed by atoms with Crippen LogP contribution in [0.15, 0.2) is 18.2 Å². The fourth-order valence-electron chi connectivity index (χ4n) is 2.10. The van der Waals surface area contributed by atoms with Crippen LogP contribution in [0.25, 0.3) is 0 Å². The van der Waals surface area contributed by atoms with Gasteiger partial charge in [0.2, 0.25) is 0 Å². The molecule has 0 aliphatic rings. The van der Waals surface area contributed by atoms with Crippen LogP contribution < -0.4 is 14.8 Å². The molecule has 1 unspecified atom stereocenters. The van der Waals surface area contributed by atoms with E-state index in [2.05, 4.69) is 5.32 Å². The second kappa shape index (κ2) is 9.31. The molecule has 0 saturated heterocycles. The van der Waals surface area contributed by atoms with Crippen LogP contribution in [-0.4, -0.2) is 42.5 Å². The Labute approximate surface area is 154 Å². The first-order valence-corrected chi connectivity index (χ1v) is 8.54. The molecule has 1 amide bonds. The molecule has 26 heavy (non-hydrogen) atoms. The maximum absolute atomic E-state index is 11.8. The largest absolute Gasteiger partial charge is 0.493 e. The second-order valence-corrected chi connectivity index (χ2v) is 7.43. The van der Waals surface area contributed by atoms with Gasteiger partial charge in [0.25, 0.3) is 0 Å². The van der Waals surface area contributed by atoms with E-state index < -0.39 is 23.7 Å². The van der Waals surface area contributed by atoms with E-state index >= 15 is 0 Å². The topological polar surface area (TPSA) is 94.1 Å². The van der Waals surface area contributed by atoms with Gasteiger partial charge in [-0.05, 0) is 44.4 Å². The van der Waals surface area contributed by atoms with Crippen molar-refractivity contribution in [3.63, 3.8) is 0 Å². The molecule has 0 heterocycles. The Morgan fingerprint density at radius 2 is 1.85 bits per heavy atom. The van der Waals surface area contributed by atoms with Crippen LogP contribution in [0.3, 0.4) is 0 Å². The predicted molar refractivity (Wildman–Crippen MR) is 97.8 cm³/mol. The summed E-state index contributed by atoms with van der Waals surface area (Å²) < 4.78 is 16.1. The van der Waals surface area contributed by atoms with E-state index in [1.54, 1.807) is 39.0 Å². The smallest absolute Gasteiger partial charge is 0.408 e. The van der Waals surface area contributed by atoms with Gasteiger partial charge in [-0.1, -0.05) is 19.9 Å². The first-order valence-electron chi connectivity index (χ1n) is 8.54. The summed E-state index contributed by atoms with van der Waals surface area (Å²) in [4.78, 5) is 23.3. The van der Waals surface area contributed by atoms with Crippen molar-refractivity contribution < 1.29 is 28.9 Å². The molecule has 1 aromatic rings. The Morgan fingerprint density at radius 3 is 2.35 bits per heavy atom. The number of carbonyl (C=O) groups excluding carboxylic acids is 1. The lowest BCUT2D eigenvalue weighted by Crippen LogP contribution is -2.44. The molecule has 1 rings (SSSR count). The van der Waals surface area contributed by atoms with Crippen molar-refractivity contribution in [1.29, 1.82) is 0 Å². The maximum atomic E-state index is 11.8. The zero-order chi connectivity index (χ0) is 19.9. The Bertz CT molecular complexity index is 621. The summed E-state index contributed by atoms with van der Waals surface area (Å²) in [5.41, 5.74) is -0.00613. The quantitative estimate of drug-likeness (QED) is 0.732. The number of ether oxygens (including phenoxy) is 3. The summed E-state index contributed by atoms with van der Waals surface area (Å²) in [6.45, 7) is 9.77. The van der Waals surface area contributed by atoms with E-state index in [1.807, 2.05) is 13.8 Å². The van der Waals surface area contributed by atoms with Crippen LogP contribution in [0.4, 0.5) is 4.79 Å². The van der Waals surface area contributed by atoms with Crippen molar-refractivity contribution in [2.75, 3.05) is 13.7 Å². The Kier molecular flexibility index (Phi) is 7.74. The van der Waals surface area contributed by atoms with Gasteiger partial charge < -0.3 is 24.6 Å². The van der Waals surface area contributed by atoms with Gasteiger partial charge in [0.1, 0.15) is 11.6 Å². The minimum absolute atomic E-state index is 0.0927. The molecule has 0 aromatic heterocycles. The van der Waals surface area contributed by atoms with Crippen LogP contribution >= 0.6 is 0 Å². The SMILES string of the molecule is COc1cc(CC(NC(=O)OC(C)(C)C)C(=O)O)ccc1OCC(C)C. The van der Waals surface area contributed by atoms with E-state index in [0.29, 0.717) is 29.6 Å². The molecule has 0 fully saturated rings. The molecule has 0 spiro atoms. The van der Waals surface area contributed by atoms with Crippen molar-refractivity contribution in [2.24, 2.45) is 5.92 Å². The number of benzene rings is 1. The highest BCUT2D eigenvalue weighted by atomic mass is 16.6. The van der Waals surface area contributed by atoms with E-state index in [1.165, 1.54) is 7.11 Å². The van der Waals surface area contributed by atoms with Gasteiger partial charge in [0.15, 0.2) is 11.5 Å². The summed E-state index contributed by atoms with van der Waals surface area (Å²) in [5, 5.41) is 11.8. The lowest BCUT2D eigenvalue weighted by Gasteiger charge is -2.22. The third-order valence-corrected chi connectivity index (χ3v) is 3.23. The number of rotatable bonds is 8. The molecular weight excluding hydrogens is 338 g/mol. The average molecular weight is 367 g/mol. The Hall–Kier alpha value is -2.44. The second-order valence-electron chi connectivity index (χ2n) is 7.43. The monoisotopic (exact) mass is 367 g/mol. The molecule has 7 heteroatoms. The van der Waals surface area contributed by atoms with Crippen molar-refractivity contribution >= 4 is 12.1 Å². The predicted octanol–water partition coefficient (Wildman–Crippen LogP) is 3.25. The van der Waals surface area contributed by atoms with Crippen molar-refractivity contribution in [3.05, 3.63) is 23.8 Å². The van der Waals surface area contributed by atoms with Gasteiger partial charge in [-0.2, -0.15) is 0 Å². The molecule has 1 atom stereocenters. The lowest BCUT2D eigenvalue weighted by atomic mass is 10.1. The Balaban J connectivity index is 2.85. The number of methoxy groups -OCH3 is 1. The minimum Gasteiger partial charge on any atom is -0.493 e. The van der Waals surface area contributed by atoms with Crippen LogP contribution in [0.5, 0.6) is 11.5 Å². The van der Waals surface area contributed by atoms with Crippen LogP contribution in [-0.2, 0) is 16.0 Å². The number of hydrogen-bond donors (Lipinski definition) is 2. The minimum atomic E-state index is -1.14. The summed E-state index contributed by atoms with van der Waals surface area (Å²) in [7, 11) is 1.52. The molecule has 1 aromatic carbocycles. The van der Waals surface area contributed by atoms with Crippen molar-refractivity contribution in [3.8, 4) is 11.5 Å². The first-order chi connectivity index (χ1) is 12.0. The van der Waals surface area contributed by atoms with E-state index in [4.69, 9.17) is 14.2 Å². The fourth-order valence-corrected chi connectivity index (χ4v) is 2.10. The fraction of sp³-hybridized carbons (Fsp3) is 0.579. The van der Waals surface area contributed by atoms with E-state index in [0.717, 1.165) is 0 Å². The van der Waals surface area contributed by atoms with Gasteiger partial charge in [-0.15, -0.1) is 0 Å². The van der Waals surface area contributed by atoms with Gasteiger partial charge in [-0.3, -0.25) is 0 Å². The van der Waals surface area contributed by atoms with Gasteiger partial charge >= 0.3 is 12.1 Å². The van der Waals surface area contributed by atoms with Crippen molar-refractivity contribution in [1.82, 2.24) is 5.32 Å². The summed E-state index contributed by atoms with van der Waals surface area (Å²) in [5.74, 6) is 0.338. The molecular formula is C19H29NO6. The third-order valence-electron chi connectivity index (χ3n) is 3.23. The summed E-state index contributed by atoms with van der Waals surface area (Å²) in [6.07, 6.45) is -0.677. The highest BCUT2D eigenvalue weighted by molar-refractivity contribution is 5.80. The number of nitrogens with one attached hydrogen (secondary N) is 1. The van der Waals surface area contributed by atoms with Crippen LogP contribution in [0, 0.1) is 5.92 Å². The molecule has 0 saturated carbocycles. The Morgan fingerprint density at radius 1 is 1.19 bits per heavy atom. The number of amides is 1. The van der Waals surface area contributed by atoms with Gasteiger partial charge in [0, 0.05) is 6.42 Å². The molecule has 0 aliphatic carbocycles. The van der Waals surface area contributed by atoms with Gasteiger partial charge in [0.05, 0.1) is 13.7 Å². The normalized spacial score (nSPS) is 12.4. The maximum Gasteiger partial charge on any atom is 0.408 e. The zero-order valence-electron chi connectivity index (χ0n) is 16.3. The summed E-state index contributed by atoms with van der Waals surface area (Å²) >= 11 is 0. The van der Waals surface area contributed by atoms with Crippen LogP contribution in [0.2, 0.25) is 0 Å². The van der Waals surface area contributed by atoms with Gasteiger partial charge in [-0.25, -0.2) is 9.59 Å².